The lowest BCUT2D eigenvalue weighted by Gasteiger charge is -2.30. The summed E-state index contributed by atoms with van der Waals surface area (Å²) in [5.74, 6) is 2.94. The number of fused-ring (bicyclic) bond motifs is 2. The van der Waals surface area contributed by atoms with E-state index in [1.54, 1.807) is 0 Å². The lowest BCUT2D eigenvalue weighted by atomic mass is 9.81. The van der Waals surface area contributed by atoms with Crippen molar-refractivity contribution in [2.24, 2.45) is 17.8 Å². The summed E-state index contributed by atoms with van der Waals surface area (Å²) in [7, 11) is 2.07. The average molecular weight is 179 g/mol. The van der Waals surface area contributed by atoms with E-state index in [0.29, 0.717) is 6.04 Å². The third-order valence-electron chi connectivity index (χ3n) is 4.06. The van der Waals surface area contributed by atoms with Gasteiger partial charge >= 0.3 is 0 Å². The molecule has 0 radical (unpaired) electrons. The summed E-state index contributed by atoms with van der Waals surface area (Å²) in [5, 5.41) is 3.43. The highest BCUT2D eigenvalue weighted by atomic mass is 14.9. The van der Waals surface area contributed by atoms with E-state index in [1.165, 1.54) is 31.3 Å². The van der Waals surface area contributed by atoms with Gasteiger partial charge in [-0.15, -0.1) is 0 Å². The first-order valence-electron chi connectivity index (χ1n) is 5.55. The van der Waals surface area contributed by atoms with E-state index < -0.39 is 0 Å². The molecule has 0 aromatic carbocycles. The van der Waals surface area contributed by atoms with Gasteiger partial charge in [-0.05, 0) is 51.0 Å². The molecule has 0 aromatic rings. The highest BCUT2D eigenvalue weighted by molar-refractivity contribution is 5.08. The van der Waals surface area contributed by atoms with Crippen molar-refractivity contribution < 1.29 is 0 Å². The summed E-state index contributed by atoms with van der Waals surface area (Å²) in [4.78, 5) is 0. The van der Waals surface area contributed by atoms with Crippen molar-refractivity contribution in [3.05, 3.63) is 12.2 Å². The Labute approximate surface area is 81.6 Å². The molecule has 1 N–H and O–H groups in total. The maximum atomic E-state index is 4.09. The number of hydrogen-bond acceptors (Lipinski definition) is 1. The van der Waals surface area contributed by atoms with Crippen molar-refractivity contribution >= 4 is 0 Å². The molecule has 4 atom stereocenters. The van der Waals surface area contributed by atoms with E-state index in [1.807, 2.05) is 0 Å². The van der Waals surface area contributed by atoms with Gasteiger partial charge in [-0.1, -0.05) is 18.6 Å². The zero-order chi connectivity index (χ0) is 9.42. The number of nitrogens with one attached hydrogen (secondary N) is 1. The Morgan fingerprint density at radius 3 is 2.54 bits per heavy atom. The molecular formula is C12H21N. The molecule has 0 spiro atoms. The molecule has 13 heavy (non-hydrogen) atoms. The molecule has 2 bridgehead atoms. The largest absolute Gasteiger partial charge is 0.313 e. The molecule has 0 amide bonds. The molecule has 0 aromatic heterocycles. The molecule has 74 valence electrons. The van der Waals surface area contributed by atoms with Crippen molar-refractivity contribution in [2.45, 2.75) is 38.6 Å². The highest BCUT2D eigenvalue weighted by Crippen LogP contribution is 2.50. The van der Waals surface area contributed by atoms with Crippen LogP contribution in [0.2, 0.25) is 0 Å². The van der Waals surface area contributed by atoms with Crippen LogP contribution in [0.3, 0.4) is 0 Å². The van der Waals surface area contributed by atoms with Gasteiger partial charge in [0.15, 0.2) is 0 Å². The predicted molar refractivity (Wildman–Crippen MR) is 56.6 cm³/mol. The summed E-state index contributed by atoms with van der Waals surface area (Å²) in [6.07, 6.45) is 5.91. The molecule has 2 rings (SSSR count). The van der Waals surface area contributed by atoms with Crippen LogP contribution in [0.15, 0.2) is 12.2 Å². The smallest absolute Gasteiger partial charge is 0.0302 e. The minimum Gasteiger partial charge on any atom is -0.313 e. The summed E-state index contributed by atoms with van der Waals surface area (Å²) in [6.45, 7) is 6.25. The van der Waals surface area contributed by atoms with Gasteiger partial charge in [-0.3, -0.25) is 0 Å². The van der Waals surface area contributed by atoms with Crippen LogP contribution in [0, 0.1) is 17.8 Å². The Balaban J connectivity index is 2.04. The van der Waals surface area contributed by atoms with Crippen LogP contribution in [0.25, 0.3) is 0 Å². The first kappa shape index (κ1) is 9.26. The molecule has 2 aliphatic carbocycles. The van der Waals surface area contributed by atoms with Crippen LogP contribution >= 0.6 is 0 Å². The van der Waals surface area contributed by atoms with Gasteiger partial charge in [0, 0.05) is 6.04 Å². The molecule has 2 fully saturated rings. The quantitative estimate of drug-likeness (QED) is 0.657. The Morgan fingerprint density at radius 2 is 2.15 bits per heavy atom. The first-order chi connectivity index (χ1) is 6.22. The normalized spacial score (nSPS) is 39.4. The zero-order valence-corrected chi connectivity index (χ0v) is 8.84. The summed E-state index contributed by atoms with van der Waals surface area (Å²) >= 11 is 0. The van der Waals surface area contributed by atoms with Gasteiger partial charge < -0.3 is 5.32 Å². The van der Waals surface area contributed by atoms with Crippen LogP contribution < -0.4 is 5.32 Å². The van der Waals surface area contributed by atoms with Crippen molar-refractivity contribution in [1.82, 2.24) is 5.32 Å². The van der Waals surface area contributed by atoms with Gasteiger partial charge in [0.05, 0.1) is 0 Å². The zero-order valence-electron chi connectivity index (χ0n) is 8.84. The fourth-order valence-electron chi connectivity index (χ4n) is 3.53. The van der Waals surface area contributed by atoms with Gasteiger partial charge in [-0.2, -0.15) is 0 Å². The van der Waals surface area contributed by atoms with Crippen LogP contribution in [0.4, 0.5) is 0 Å². The van der Waals surface area contributed by atoms with Crippen molar-refractivity contribution in [2.75, 3.05) is 7.05 Å². The molecular weight excluding hydrogens is 158 g/mol. The van der Waals surface area contributed by atoms with E-state index in [-0.39, 0.29) is 0 Å². The second-order valence-corrected chi connectivity index (χ2v) is 4.95. The van der Waals surface area contributed by atoms with E-state index >= 15 is 0 Å². The maximum absolute atomic E-state index is 4.09. The third-order valence-corrected chi connectivity index (χ3v) is 4.06. The summed E-state index contributed by atoms with van der Waals surface area (Å²) in [5.41, 5.74) is 1.32. The third kappa shape index (κ3) is 1.54. The van der Waals surface area contributed by atoms with E-state index in [2.05, 4.69) is 25.9 Å². The number of rotatable bonds is 3. The Bertz CT molecular complexity index is 209. The highest BCUT2D eigenvalue weighted by Gasteiger charge is 2.42. The van der Waals surface area contributed by atoms with Crippen LogP contribution in [-0.2, 0) is 0 Å². The van der Waals surface area contributed by atoms with Crippen LogP contribution in [0.5, 0.6) is 0 Å². The minimum absolute atomic E-state index is 0.579. The second-order valence-electron chi connectivity index (χ2n) is 4.95. The Kier molecular flexibility index (Phi) is 2.46. The maximum Gasteiger partial charge on any atom is 0.0302 e. The van der Waals surface area contributed by atoms with Gasteiger partial charge in [0.25, 0.3) is 0 Å². The molecule has 0 heterocycles. The standard InChI is InChI=1S/C12H21N/c1-8(2)12(13-3)11-7-9-4-5-10(11)6-9/h9-13H,1,4-7H2,2-3H3. The molecule has 0 aliphatic heterocycles. The van der Waals surface area contributed by atoms with E-state index in [9.17, 15) is 0 Å². The number of likely N-dealkylation sites (N-methyl/N-ethyl adjacent to an activating group) is 1. The Hall–Kier alpha value is -0.300. The van der Waals surface area contributed by atoms with E-state index in [0.717, 1.165) is 17.8 Å². The topological polar surface area (TPSA) is 12.0 Å². The predicted octanol–water partition coefficient (Wildman–Crippen LogP) is 2.59. The Morgan fingerprint density at radius 1 is 1.38 bits per heavy atom. The fraction of sp³-hybridized carbons (Fsp3) is 0.833. The monoisotopic (exact) mass is 179 g/mol. The SMILES string of the molecule is C=C(C)C(NC)C1CC2CCC1C2. The first-order valence-corrected chi connectivity index (χ1v) is 5.55. The molecule has 2 saturated carbocycles. The van der Waals surface area contributed by atoms with Gasteiger partial charge in [0.1, 0.15) is 0 Å². The number of hydrogen-bond donors (Lipinski definition) is 1. The molecule has 1 nitrogen and oxygen atoms in total. The van der Waals surface area contributed by atoms with Crippen molar-refractivity contribution in [3.8, 4) is 0 Å². The molecule has 4 unspecified atom stereocenters. The van der Waals surface area contributed by atoms with E-state index in [4.69, 9.17) is 0 Å². The van der Waals surface area contributed by atoms with Gasteiger partial charge in [0.2, 0.25) is 0 Å². The molecule has 2 aliphatic rings. The lowest BCUT2D eigenvalue weighted by Crippen LogP contribution is -2.37. The van der Waals surface area contributed by atoms with Crippen LogP contribution in [0.1, 0.15) is 32.6 Å². The van der Waals surface area contributed by atoms with Crippen molar-refractivity contribution in [3.63, 3.8) is 0 Å². The summed E-state index contributed by atoms with van der Waals surface area (Å²) in [6, 6.07) is 0.579. The lowest BCUT2D eigenvalue weighted by molar-refractivity contribution is 0.279. The van der Waals surface area contributed by atoms with Gasteiger partial charge in [-0.25, -0.2) is 0 Å². The molecule has 1 heteroatoms. The second kappa shape index (κ2) is 3.45. The van der Waals surface area contributed by atoms with Crippen LogP contribution in [-0.4, -0.2) is 13.1 Å². The summed E-state index contributed by atoms with van der Waals surface area (Å²) < 4.78 is 0. The molecule has 0 saturated heterocycles. The average Bonchev–Trinajstić information content (AvgIpc) is 2.65. The minimum atomic E-state index is 0.579. The van der Waals surface area contributed by atoms with Crippen molar-refractivity contribution in [1.29, 1.82) is 0 Å². The fourth-order valence-corrected chi connectivity index (χ4v) is 3.53.